The third-order valence-corrected chi connectivity index (χ3v) is 4.68. The Balaban J connectivity index is 2.02. The first-order valence-electron chi connectivity index (χ1n) is 8.04. The number of carbonyl (C=O) groups is 1. The van der Waals surface area contributed by atoms with Gasteiger partial charge >= 0.3 is 5.97 Å². The van der Waals surface area contributed by atoms with Gasteiger partial charge in [0.15, 0.2) is 0 Å². The highest BCUT2D eigenvalue weighted by Crippen LogP contribution is 2.38. The number of fused-ring (bicyclic) bond motifs is 2. The van der Waals surface area contributed by atoms with E-state index < -0.39 is 0 Å². The Morgan fingerprint density at radius 3 is 2.57 bits per heavy atom. The molecule has 1 unspecified atom stereocenters. The third kappa shape index (κ3) is 3.24. The Morgan fingerprint density at radius 2 is 1.78 bits per heavy atom. The summed E-state index contributed by atoms with van der Waals surface area (Å²) in [6, 6.07) is 14.9. The second-order valence-corrected chi connectivity index (χ2v) is 5.93. The Labute approximate surface area is 137 Å². The Kier molecular flexibility index (Phi) is 4.65. The van der Waals surface area contributed by atoms with Crippen LogP contribution < -0.4 is 4.74 Å². The Hall–Kier alpha value is -2.29. The molecular formula is C20H22O3. The first kappa shape index (κ1) is 15.6. The molecule has 0 saturated heterocycles. The number of hydrogen-bond donors (Lipinski definition) is 0. The summed E-state index contributed by atoms with van der Waals surface area (Å²) in [7, 11) is 3.14. The topological polar surface area (TPSA) is 35.5 Å². The minimum Gasteiger partial charge on any atom is -0.497 e. The van der Waals surface area contributed by atoms with Gasteiger partial charge in [-0.2, -0.15) is 0 Å². The zero-order chi connectivity index (χ0) is 16.2. The van der Waals surface area contributed by atoms with Crippen molar-refractivity contribution in [3.8, 4) is 5.75 Å². The van der Waals surface area contributed by atoms with Crippen LogP contribution >= 0.6 is 0 Å². The predicted octanol–water partition coefficient (Wildman–Crippen LogP) is 3.88. The molecule has 23 heavy (non-hydrogen) atoms. The molecule has 0 N–H and O–H groups in total. The van der Waals surface area contributed by atoms with Crippen LogP contribution in [0.2, 0.25) is 0 Å². The zero-order valence-corrected chi connectivity index (χ0v) is 13.7. The fourth-order valence-electron chi connectivity index (χ4n) is 3.48. The van der Waals surface area contributed by atoms with Crippen molar-refractivity contribution in [2.24, 2.45) is 0 Å². The van der Waals surface area contributed by atoms with Crippen molar-refractivity contribution >= 4 is 5.97 Å². The van der Waals surface area contributed by atoms with Crippen LogP contribution in [0.1, 0.15) is 41.0 Å². The van der Waals surface area contributed by atoms with E-state index in [-0.39, 0.29) is 11.9 Å². The monoisotopic (exact) mass is 310 g/mol. The largest absolute Gasteiger partial charge is 0.497 e. The van der Waals surface area contributed by atoms with Crippen molar-refractivity contribution in [1.82, 2.24) is 0 Å². The van der Waals surface area contributed by atoms with Gasteiger partial charge in [0.2, 0.25) is 0 Å². The molecule has 3 nitrogen and oxygen atoms in total. The molecule has 0 spiro atoms. The summed E-state index contributed by atoms with van der Waals surface area (Å²) >= 11 is 0. The molecule has 0 heterocycles. The fraction of sp³-hybridized carbons (Fsp3) is 0.350. The van der Waals surface area contributed by atoms with Crippen LogP contribution in [0.15, 0.2) is 42.5 Å². The maximum absolute atomic E-state index is 11.6. The Bertz CT molecular complexity index is 706. The Morgan fingerprint density at radius 1 is 1.04 bits per heavy atom. The summed E-state index contributed by atoms with van der Waals surface area (Å²) in [5.41, 5.74) is 5.33. The standard InChI is InChI=1S/C20H22O3/c1-22-16-9-10-18-15(13-16)8-7-14-5-3-4-6-17(14)19(18)11-12-20(21)23-2/h3-6,9-10,13,19H,7-8,11-12H2,1-2H3. The SMILES string of the molecule is COC(=O)CCC1c2ccccc2CCc2cc(OC)ccc21. The van der Waals surface area contributed by atoms with Crippen molar-refractivity contribution in [3.05, 3.63) is 64.7 Å². The van der Waals surface area contributed by atoms with E-state index in [1.807, 2.05) is 6.07 Å². The number of methoxy groups -OCH3 is 2. The van der Waals surface area contributed by atoms with Crippen LogP contribution in [0.5, 0.6) is 5.75 Å². The van der Waals surface area contributed by atoms with Gasteiger partial charge in [-0.1, -0.05) is 30.3 Å². The normalized spacial score (nSPS) is 16.0. The van der Waals surface area contributed by atoms with E-state index in [0.29, 0.717) is 6.42 Å². The van der Waals surface area contributed by atoms with Gasteiger partial charge in [0.1, 0.15) is 5.75 Å². The summed E-state index contributed by atoms with van der Waals surface area (Å²) in [6.07, 6.45) is 3.22. The predicted molar refractivity (Wildman–Crippen MR) is 89.9 cm³/mol. The van der Waals surface area contributed by atoms with Gasteiger partial charge in [-0.25, -0.2) is 0 Å². The fourth-order valence-corrected chi connectivity index (χ4v) is 3.48. The van der Waals surface area contributed by atoms with E-state index in [2.05, 4.69) is 36.4 Å². The molecule has 3 heteroatoms. The summed E-state index contributed by atoms with van der Waals surface area (Å²) in [5.74, 6) is 0.969. The van der Waals surface area contributed by atoms with Crippen LogP contribution in [-0.2, 0) is 22.4 Å². The smallest absolute Gasteiger partial charge is 0.305 e. The van der Waals surface area contributed by atoms with Gasteiger partial charge in [-0.3, -0.25) is 4.79 Å². The maximum atomic E-state index is 11.6. The van der Waals surface area contributed by atoms with Gasteiger partial charge in [-0.15, -0.1) is 0 Å². The van der Waals surface area contributed by atoms with Crippen LogP contribution in [0.3, 0.4) is 0 Å². The van der Waals surface area contributed by atoms with Crippen molar-refractivity contribution in [2.45, 2.75) is 31.6 Å². The molecule has 0 radical (unpaired) electrons. The van der Waals surface area contributed by atoms with E-state index in [4.69, 9.17) is 9.47 Å². The lowest BCUT2D eigenvalue weighted by atomic mass is 9.85. The number of aryl methyl sites for hydroxylation is 2. The van der Waals surface area contributed by atoms with Crippen molar-refractivity contribution in [2.75, 3.05) is 14.2 Å². The molecule has 0 amide bonds. The minimum absolute atomic E-state index is 0.151. The van der Waals surface area contributed by atoms with E-state index >= 15 is 0 Å². The molecule has 120 valence electrons. The molecule has 1 aliphatic rings. The average Bonchev–Trinajstić information content (AvgIpc) is 2.76. The molecule has 3 rings (SSSR count). The lowest BCUT2D eigenvalue weighted by molar-refractivity contribution is -0.140. The molecule has 0 fully saturated rings. The van der Waals surface area contributed by atoms with Crippen LogP contribution in [-0.4, -0.2) is 20.2 Å². The van der Waals surface area contributed by atoms with Gasteiger partial charge in [0.05, 0.1) is 14.2 Å². The second kappa shape index (κ2) is 6.86. The van der Waals surface area contributed by atoms with E-state index in [1.165, 1.54) is 29.4 Å². The lowest BCUT2D eigenvalue weighted by Gasteiger charge is -2.20. The molecule has 1 atom stereocenters. The number of benzene rings is 2. The average molecular weight is 310 g/mol. The van der Waals surface area contributed by atoms with E-state index in [9.17, 15) is 4.79 Å². The van der Waals surface area contributed by atoms with Crippen LogP contribution in [0, 0.1) is 0 Å². The van der Waals surface area contributed by atoms with Gasteiger partial charge < -0.3 is 9.47 Å². The molecule has 0 aromatic heterocycles. The van der Waals surface area contributed by atoms with Crippen molar-refractivity contribution < 1.29 is 14.3 Å². The molecule has 2 aromatic carbocycles. The first-order valence-corrected chi connectivity index (χ1v) is 8.04. The number of hydrogen-bond acceptors (Lipinski definition) is 3. The molecule has 1 aliphatic carbocycles. The van der Waals surface area contributed by atoms with E-state index in [1.54, 1.807) is 7.11 Å². The summed E-state index contributed by atoms with van der Waals surface area (Å²) in [6.45, 7) is 0. The highest BCUT2D eigenvalue weighted by Gasteiger charge is 2.24. The maximum Gasteiger partial charge on any atom is 0.305 e. The highest BCUT2D eigenvalue weighted by molar-refractivity contribution is 5.69. The summed E-state index contributed by atoms with van der Waals surface area (Å²) in [4.78, 5) is 11.6. The third-order valence-electron chi connectivity index (χ3n) is 4.68. The molecule has 2 aromatic rings. The minimum atomic E-state index is -0.151. The molecule has 0 aliphatic heterocycles. The van der Waals surface area contributed by atoms with Crippen LogP contribution in [0.4, 0.5) is 0 Å². The summed E-state index contributed by atoms with van der Waals surface area (Å²) < 4.78 is 10.2. The summed E-state index contributed by atoms with van der Waals surface area (Å²) in [5, 5.41) is 0. The number of esters is 1. The molecule has 0 saturated carbocycles. The van der Waals surface area contributed by atoms with Gasteiger partial charge in [0.25, 0.3) is 0 Å². The quantitative estimate of drug-likeness (QED) is 0.804. The van der Waals surface area contributed by atoms with Crippen molar-refractivity contribution in [1.29, 1.82) is 0 Å². The van der Waals surface area contributed by atoms with Gasteiger partial charge in [-0.05, 0) is 53.6 Å². The van der Waals surface area contributed by atoms with Gasteiger partial charge in [0, 0.05) is 12.3 Å². The van der Waals surface area contributed by atoms with Crippen LogP contribution in [0.25, 0.3) is 0 Å². The number of carbonyl (C=O) groups excluding carboxylic acids is 1. The number of ether oxygens (including phenoxy) is 2. The van der Waals surface area contributed by atoms with E-state index in [0.717, 1.165) is 25.0 Å². The first-order chi connectivity index (χ1) is 11.2. The molecule has 0 bridgehead atoms. The number of rotatable bonds is 4. The highest BCUT2D eigenvalue weighted by atomic mass is 16.5. The lowest BCUT2D eigenvalue weighted by Crippen LogP contribution is -2.08. The zero-order valence-electron chi connectivity index (χ0n) is 13.7. The second-order valence-electron chi connectivity index (χ2n) is 5.93. The van der Waals surface area contributed by atoms with Crippen molar-refractivity contribution in [3.63, 3.8) is 0 Å². The molecular weight excluding hydrogens is 288 g/mol.